The molecule has 0 fully saturated rings. The normalized spacial score (nSPS) is 10.8. The van der Waals surface area contributed by atoms with Crippen LogP contribution in [-0.2, 0) is 19.2 Å². The molecular weight excluding hydrogens is 242 g/mol. The highest BCUT2D eigenvalue weighted by Crippen LogP contribution is 2.28. The van der Waals surface area contributed by atoms with Crippen LogP contribution in [0, 0.1) is 6.92 Å². The quantitative estimate of drug-likeness (QED) is 0.841. The fraction of sp³-hybridized carbons (Fsp3) is 0.357. The lowest BCUT2D eigenvalue weighted by atomic mass is 10.2. The van der Waals surface area contributed by atoms with Gasteiger partial charge >= 0.3 is 0 Å². The van der Waals surface area contributed by atoms with E-state index in [1.54, 1.807) is 0 Å². The SMILES string of the molecule is Cc1nn(C)c(SCc2ccccc2)c1CCN. The van der Waals surface area contributed by atoms with Crippen molar-refractivity contribution in [2.75, 3.05) is 6.54 Å². The van der Waals surface area contributed by atoms with Gasteiger partial charge in [0.25, 0.3) is 0 Å². The summed E-state index contributed by atoms with van der Waals surface area (Å²) in [5.41, 5.74) is 9.39. The molecule has 0 atom stereocenters. The van der Waals surface area contributed by atoms with E-state index in [1.807, 2.05) is 29.6 Å². The first-order valence-electron chi connectivity index (χ1n) is 6.11. The summed E-state index contributed by atoms with van der Waals surface area (Å²) in [6.45, 7) is 2.73. The molecule has 2 N–H and O–H groups in total. The molecular formula is C14H19N3S. The molecule has 4 heteroatoms. The van der Waals surface area contributed by atoms with E-state index in [0.717, 1.165) is 17.9 Å². The molecule has 0 amide bonds. The summed E-state index contributed by atoms with van der Waals surface area (Å²) in [5.74, 6) is 0.970. The standard InChI is InChI=1S/C14H19N3S/c1-11-13(8-9-15)14(17(2)16-11)18-10-12-6-4-3-5-7-12/h3-7H,8-10,15H2,1-2H3. The second-order valence-corrected chi connectivity index (χ2v) is 5.27. The van der Waals surface area contributed by atoms with Gasteiger partial charge < -0.3 is 5.73 Å². The lowest BCUT2D eigenvalue weighted by molar-refractivity contribution is 0.688. The maximum atomic E-state index is 5.67. The molecule has 0 saturated carbocycles. The summed E-state index contributed by atoms with van der Waals surface area (Å²) in [6.07, 6.45) is 0.900. The number of benzene rings is 1. The van der Waals surface area contributed by atoms with Crippen LogP contribution in [0.2, 0.25) is 0 Å². The van der Waals surface area contributed by atoms with Gasteiger partial charge in [0.05, 0.1) is 10.7 Å². The predicted octanol–water partition coefficient (Wildman–Crippen LogP) is 2.52. The van der Waals surface area contributed by atoms with Crippen molar-refractivity contribution < 1.29 is 0 Å². The zero-order valence-electron chi connectivity index (χ0n) is 10.9. The molecule has 1 aromatic carbocycles. The van der Waals surface area contributed by atoms with E-state index in [-0.39, 0.29) is 0 Å². The number of thioether (sulfide) groups is 1. The highest BCUT2D eigenvalue weighted by Gasteiger charge is 2.12. The summed E-state index contributed by atoms with van der Waals surface area (Å²) < 4.78 is 1.97. The van der Waals surface area contributed by atoms with Gasteiger partial charge in [-0.3, -0.25) is 4.68 Å². The fourth-order valence-corrected chi connectivity index (χ4v) is 3.17. The van der Waals surface area contributed by atoms with Crippen LogP contribution in [-0.4, -0.2) is 16.3 Å². The van der Waals surface area contributed by atoms with Crippen LogP contribution < -0.4 is 5.73 Å². The molecule has 2 aromatic rings. The Morgan fingerprint density at radius 3 is 2.67 bits per heavy atom. The Balaban J connectivity index is 2.13. The zero-order chi connectivity index (χ0) is 13.0. The van der Waals surface area contributed by atoms with Gasteiger partial charge in [-0.25, -0.2) is 0 Å². The van der Waals surface area contributed by atoms with E-state index < -0.39 is 0 Å². The molecule has 18 heavy (non-hydrogen) atoms. The number of rotatable bonds is 5. The first kappa shape index (κ1) is 13.2. The molecule has 1 aromatic heterocycles. The lowest BCUT2D eigenvalue weighted by Crippen LogP contribution is -2.04. The van der Waals surface area contributed by atoms with Gasteiger partial charge in [0.1, 0.15) is 0 Å². The second kappa shape index (κ2) is 6.07. The molecule has 0 saturated heterocycles. The second-order valence-electron chi connectivity index (χ2n) is 4.31. The lowest BCUT2D eigenvalue weighted by Gasteiger charge is -2.05. The van der Waals surface area contributed by atoms with Crippen LogP contribution in [0.1, 0.15) is 16.8 Å². The van der Waals surface area contributed by atoms with Crippen molar-refractivity contribution in [2.24, 2.45) is 12.8 Å². The van der Waals surface area contributed by atoms with Crippen molar-refractivity contribution in [2.45, 2.75) is 24.1 Å². The molecule has 0 spiro atoms. The largest absolute Gasteiger partial charge is 0.330 e. The maximum Gasteiger partial charge on any atom is 0.0975 e. The van der Waals surface area contributed by atoms with Crippen molar-refractivity contribution in [3.05, 3.63) is 47.2 Å². The smallest absolute Gasteiger partial charge is 0.0975 e. The fourth-order valence-electron chi connectivity index (χ4n) is 2.02. The molecule has 96 valence electrons. The number of aryl methyl sites for hydroxylation is 2. The topological polar surface area (TPSA) is 43.8 Å². The third-order valence-electron chi connectivity index (χ3n) is 2.90. The van der Waals surface area contributed by atoms with Crippen LogP contribution >= 0.6 is 11.8 Å². The molecule has 0 aliphatic heterocycles. The van der Waals surface area contributed by atoms with Crippen molar-refractivity contribution >= 4 is 11.8 Å². The minimum atomic E-state index is 0.672. The van der Waals surface area contributed by atoms with Crippen molar-refractivity contribution in [3.63, 3.8) is 0 Å². The van der Waals surface area contributed by atoms with Gasteiger partial charge in [-0.1, -0.05) is 30.3 Å². The molecule has 0 radical (unpaired) electrons. The first-order chi connectivity index (χ1) is 8.72. The van der Waals surface area contributed by atoms with E-state index >= 15 is 0 Å². The van der Waals surface area contributed by atoms with Gasteiger partial charge in [-0.2, -0.15) is 5.10 Å². The van der Waals surface area contributed by atoms with E-state index in [2.05, 4.69) is 36.3 Å². The summed E-state index contributed by atoms with van der Waals surface area (Å²) in [5, 5.41) is 5.72. The molecule has 0 aliphatic rings. The molecule has 0 aliphatic carbocycles. The minimum Gasteiger partial charge on any atom is -0.330 e. The Morgan fingerprint density at radius 2 is 2.00 bits per heavy atom. The zero-order valence-corrected chi connectivity index (χ0v) is 11.7. The Bertz CT molecular complexity index is 505. The number of hydrogen-bond donors (Lipinski definition) is 1. The highest BCUT2D eigenvalue weighted by molar-refractivity contribution is 7.98. The minimum absolute atomic E-state index is 0.672. The van der Waals surface area contributed by atoms with E-state index in [4.69, 9.17) is 5.73 Å². The van der Waals surface area contributed by atoms with Crippen molar-refractivity contribution in [3.8, 4) is 0 Å². The third-order valence-corrected chi connectivity index (χ3v) is 4.16. The third kappa shape index (κ3) is 2.94. The number of hydrogen-bond acceptors (Lipinski definition) is 3. The summed E-state index contributed by atoms with van der Waals surface area (Å²) >= 11 is 1.83. The van der Waals surface area contributed by atoms with Gasteiger partial charge in [0.2, 0.25) is 0 Å². The number of aromatic nitrogens is 2. The van der Waals surface area contributed by atoms with E-state index in [0.29, 0.717) is 6.54 Å². The van der Waals surface area contributed by atoms with E-state index in [1.165, 1.54) is 16.2 Å². The number of nitrogens with zero attached hydrogens (tertiary/aromatic N) is 2. The monoisotopic (exact) mass is 261 g/mol. The molecule has 0 unspecified atom stereocenters. The van der Waals surface area contributed by atoms with Gasteiger partial charge in [0.15, 0.2) is 0 Å². The van der Waals surface area contributed by atoms with Crippen LogP contribution in [0.5, 0.6) is 0 Å². The van der Waals surface area contributed by atoms with Crippen molar-refractivity contribution in [1.29, 1.82) is 0 Å². The predicted molar refractivity (Wildman–Crippen MR) is 76.7 cm³/mol. The van der Waals surface area contributed by atoms with Gasteiger partial charge in [-0.05, 0) is 25.5 Å². The Labute approximate surface area is 112 Å². The van der Waals surface area contributed by atoms with Crippen molar-refractivity contribution in [1.82, 2.24) is 9.78 Å². The molecule has 2 rings (SSSR count). The van der Waals surface area contributed by atoms with Crippen LogP contribution in [0.4, 0.5) is 0 Å². The molecule has 1 heterocycles. The maximum absolute atomic E-state index is 5.67. The summed E-state index contributed by atoms with van der Waals surface area (Å²) in [6, 6.07) is 10.5. The molecule has 0 bridgehead atoms. The average Bonchev–Trinajstić information content (AvgIpc) is 2.64. The first-order valence-corrected chi connectivity index (χ1v) is 7.10. The summed E-state index contributed by atoms with van der Waals surface area (Å²) in [7, 11) is 2.00. The highest BCUT2D eigenvalue weighted by atomic mass is 32.2. The van der Waals surface area contributed by atoms with Crippen LogP contribution in [0.25, 0.3) is 0 Å². The Kier molecular flexibility index (Phi) is 4.44. The summed E-state index contributed by atoms with van der Waals surface area (Å²) in [4.78, 5) is 0. The Hall–Kier alpha value is -1.26. The number of nitrogens with two attached hydrogens (primary N) is 1. The van der Waals surface area contributed by atoms with Gasteiger partial charge in [-0.15, -0.1) is 11.8 Å². The van der Waals surface area contributed by atoms with Gasteiger partial charge in [0, 0.05) is 18.4 Å². The van der Waals surface area contributed by atoms with E-state index in [9.17, 15) is 0 Å². The molecule has 3 nitrogen and oxygen atoms in total. The van der Waals surface area contributed by atoms with Crippen LogP contribution in [0.3, 0.4) is 0 Å². The average molecular weight is 261 g/mol. The Morgan fingerprint density at radius 1 is 1.28 bits per heavy atom. The van der Waals surface area contributed by atoms with Crippen LogP contribution in [0.15, 0.2) is 35.4 Å².